The van der Waals surface area contributed by atoms with Gasteiger partial charge in [0.05, 0.1) is 11.2 Å². The lowest BCUT2D eigenvalue weighted by Crippen LogP contribution is -2.30. The molecule has 1 aromatic heterocycles. The van der Waals surface area contributed by atoms with Gasteiger partial charge in [-0.15, -0.1) is 11.3 Å². The molecule has 15 heavy (non-hydrogen) atoms. The fourth-order valence-electron chi connectivity index (χ4n) is 1.39. The Bertz CT molecular complexity index is 236. The van der Waals surface area contributed by atoms with Crippen molar-refractivity contribution in [2.45, 2.75) is 20.3 Å². The summed E-state index contributed by atoms with van der Waals surface area (Å²) in [5.41, 5.74) is 3.09. The molecule has 0 radical (unpaired) electrons. The maximum absolute atomic E-state index is 4.25. The van der Waals surface area contributed by atoms with Crippen molar-refractivity contribution in [1.82, 2.24) is 15.6 Å². The van der Waals surface area contributed by atoms with Gasteiger partial charge in [0.2, 0.25) is 0 Å². The summed E-state index contributed by atoms with van der Waals surface area (Å²) in [5.74, 6) is 0.695. The Labute approximate surface area is 96.3 Å². The zero-order valence-corrected chi connectivity index (χ0v) is 10.4. The summed E-state index contributed by atoms with van der Waals surface area (Å²) >= 11 is 1.67. The summed E-state index contributed by atoms with van der Waals surface area (Å²) in [7, 11) is 0. The molecule has 0 saturated heterocycles. The maximum atomic E-state index is 4.25. The third-order valence-electron chi connectivity index (χ3n) is 2.28. The van der Waals surface area contributed by atoms with E-state index in [0.29, 0.717) is 5.92 Å². The van der Waals surface area contributed by atoms with Crippen molar-refractivity contribution in [3.63, 3.8) is 0 Å². The molecule has 0 aliphatic heterocycles. The lowest BCUT2D eigenvalue weighted by molar-refractivity contribution is 0.480. The molecule has 1 heterocycles. The molecule has 4 heteroatoms. The van der Waals surface area contributed by atoms with Gasteiger partial charge in [0.25, 0.3) is 0 Å². The Morgan fingerprint density at radius 2 is 2.20 bits per heavy atom. The highest BCUT2D eigenvalue weighted by atomic mass is 32.1. The minimum atomic E-state index is 0.695. The van der Waals surface area contributed by atoms with Crippen molar-refractivity contribution in [2.24, 2.45) is 5.92 Å². The Kier molecular flexibility index (Phi) is 6.55. The molecule has 1 rings (SSSR count). The molecule has 1 unspecified atom stereocenters. The van der Waals surface area contributed by atoms with E-state index in [1.807, 2.05) is 5.51 Å². The van der Waals surface area contributed by atoms with E-state index in [1.165, 1.54) is 5.69 Å². The normalized spacial score (nSPS) is 12.9. The van der Waals surface area contributed by atoms with Crippen LogP contribution in [0.2, 0.25) is 0 Å². The maximum Gasteiger partial charge on any atom is 0.0794 e. The molecule has 0 bridgehead atoms. The second kappa shape index (κ2) is 7.79. The number of hydrogen-bond donors (Lipinski definition) is 2. The summed E-state index contributed by atoms with van der Waals surface area (Å²) < 4.78 is 0. The van der Waals surface area contributed by atoms with Gasteiger partial charge >= 0.3 is 0 Å². The predicted molar refractivity (Wildman–Crippen MR) is 66.4 cm³/mol. The summed E-state index contributed by atoms with van der Waals surface area (Å²) in [6.07, 6.45) is 1.04. The molecule has 0 aromatic carbocycles. The van der Waals surface area contributed by atoms with Crippen molar-refractivity contribution in [1.29, 1.82) is 0 Å². The second-order valence-corrected chi connectivity index (χ2v) is 4.57. The Hall–Kier alpha value is -0.450. The molecule has 0 saturated carbocycles. The van der Waals surface area contributed by atoms with Crippen LogP contribution in [0.25, 0.3) is 0 Å². The number of nitrogens with one attached hydrogen (secondary N) is 2. The van der Waals surface area contributed by atoms with Gasteiger partial charge in [-0.2, -0.15) is 0 Å². The molecule has 0 aliphatic rings. The van der Waals surface area contributed by atoms with Gasteiger partial charge in [-0.25, -0.2) is 4.98 Å². The smallest absolute Gasteiger partial charge is 0.0794 e. The highest BCUT2D eigenvalue weighted by molar-refractivity contribution is 7.07. The lowest BCUT2D eigenvalue weighted by atomic mass is 10.2. The minimum absolute atomic E-state index is 0.695. The highest BCUT2D eigenvalue weighted by Crippen LogP contribution is 2.00. The van der Waals surface area contributed by atoms with Crippen LogP contribution in [0.3, 0.4) is 0 Å². The van der Waals surface area contributed by atoms with Crippen LogP contribution in [0.4, 0.5) is 0 Å². The van der Waals surface area contributed by atoms with Crippen molar-refractivity contribution in [3.8, 4) is 0 Å². The molecule has 2 N–H and O–H groups in total. The lowest BCUT2D eigenvalue weighted by Gasteiger charge is -2.12. The topological polar surface area (TPSA) is 37.0 Å². The van der Waals surface area contributed by atoms with E-state index < -0.39 is 0 Å². The van der Waals surface area contributed by atoms with Crippen LogP contribution in [0.1, 0.15) is 19.5 Å². The standard InChI is InChI=1S/C11H21N3S/c1-3-12-6-10(2)7-13-5-4-11-8-15-9-14-11/h8-10,12-13H,3-7H2,1-2H3. The van der Waals surface area contributed by atoms with Gasteiger partial charge in [0.15, 0.2) is 0 Å². The van der Waals surface area contributed by atoms with Crippen molar-refractivity contribution in [3.05, 3.63) is 16.6 Å². The fourth-order valence-corrected chi connectivity index (χ4v) is 1.98. The van der Waals surface area contributed by atoms with Gasteiger partial charge in [-0.3, -0.25) is 0 Å². The summed E-state index contributed by atoms with van der Waals surface area (Å²) in [4.78, 5) is 4.25. The first-order valence-corrected chi connectivity index (χ1v) is 6.55. The number of rotatable bonds is 8. The minimum Gasteiger partial charge on any atom is -0.317 e. The van der Waals surface area contributed by atoms with Crippen LogP contribution in [-0.2, 0) is 6.42 Å². The number of nitrogens with zero attached hydrogens (tertiary/aromatic N) is 1. The Balaban J connectivity index is 1.97. The van der Waals surface area contributed by atoms with Crippen LogP contribution in [0, 0.1) is 5.92 Å². The summed E-state index contributed by atoms with van der Waals surface area (Å²) in [6.45, 7) is 8.67. The van der Waals surface area contributed by atoms with Crippen LogP contribution in [-0.4, -0.2) is 31.2 Å². The van der Waals surface area contributed by atoms with Gasteiger partial charge in [-0.05, 0) is 25.6 Å². The zero-order chi connectivity index (χ0) is 10.9. The molecule has 0 fully saturated rings. The van der Waals surface area contributed by atoms with E-state index in [1.54, 1.807) is 11.3 Å². The molecule has 3 nitrogen and oxygen atoms in total. The van der Waals surface area contributed by atoms with Gasteiger partial charge in [0.1, 0.15) is 0 Å². The van der Waals surface area contributed by atoms with E-state index in [9.17, 15) is 0 Å². The average Bonchev–Trinajstić information content (AvgIpc) is 2.74. The van der Waals surface area contributed by atoms with Gasteiger partial charge in [-0.1, -0.05) is 13.8 Å². The second-order valence-electron chi connectivity index (χ2n) is 3.85. The molecule has 0 aliphatic carbocycles. The van der Waals surface area contributed by atoms with E-state index in [4.69, 9.17) is 0 Å². The molecule has 0 spiro atoms. The first-order valence-electron chi connectivity index (χ1n) is 5.61. The van der Waals surface area contributed by atoms with Crippen LogP contribution in [0.15, 0.2) is 10.9 Å². The van der Waals surface area contributed by atoms with Gasteiger partial charge in [0, 0.05) is 18.3 Å². The fraction of sp³-hybridized carbons (Fsp3) is 0.727. The molecule has 1 atom stereocenters. The first-order chi connectivity index (χ1) is 7.33. The third kappa shape index (κ3) is 5.87. The summed E-state index contributed by atoms with van der Waals surface area (Å²) in [5, 5.41) is 8.92. The molecule has 86 valence electrons. The Morgan fingerprint density at radius 3 is 2.87 bits per heavy atom. The third-order valence-corrected chi connectivity index (χ3v) is 2.91. The van der Waals surface area contributed by atoms with E-state index in [-0.39, 0.29) is 0 Å². The van der Waals surface area contributed by atoms with Crippen LogP contribution < -0.4 is 10.6 Å². The highest BCUT2D eigenvalue weighted by Gasteiger charge is 2.00. The molecule has 0 amide bonds. The number of aromatic nitrogens is 1. The molecular formula is C11H21N3S. The van der Waals surface area contributed by atoms with Crippen molar-refractivity contribution < 1.29 is 0 Å². The van der Waals surface area contributed by atoms with E-state index in [0.717, 1.165) is 32.6 Å². The van der Waals surface area contributed by atoms with Crippen molar-refractivity contribution >= 4 is 11.3 Å². The van der Waals surface area contributed by atoms with E-state index >= 15 is 0 Å². The summed E-state index contributed by atoms with van der Waals surface area (Å²) in [6, 6.07) is 0. The monoisotopic (exact) mass is 227 g/mol. The average molecular weight is 227 g/mol. The Morgan fingerprint density at radius 1 is 1.40 bits per heavy atom. The largest absolute Gasteiger partial charge is 0.317 e. The van der Waals surface area contributed by atoms with E-state index in [2.05, 4.69) is 34.8 Å². The number of hydrogen-bond acceptors (Lipinski definition) is 4. The first kappa shape index (κ1) is 12.6. The van der Waals surface area contributed by atoms with Crippen molar-refractivity contribution in [2.75, 3.05) is 26.2 Å². The van der Waals surface area contributed by atoms with Crippen LogP contribution in [0.5, 0.6) is 0 Å². The van der Waals surface area contributed by atoms with Crippen LogP contribution >= 0.6 is 11.3 Å². The predicted octanol–water partition coefficient (Wildman–Crippen LogP) is 1.52. The zero-order valence-electron chi connectivity index (χ0n) is 9.62. The quantitative estimate of drug-likeness (QED) is 0.661. The molecular weight excluding hydrogens is 206 g/mol. The van der Waals surface area contributed by atoms with Gasteiger partial charge < -0.3 is 10.6 Å². The SMILES string of the molecule is CCNCC(C)CNCCc1cscn1. The molecule has 1 aromatic rings. The number of thiazole rings is 1.